The van der Waals surface area contributed by atoms with Crippen molar-refractivity contribution in [3.63, 3.8) is 0 Å². The first-order chi connectivity index (χ1) is 11.9. The fraction of sp³-hybridized carbons (Fsp3) is 0.773. The Labute approximate surface area is 151 Å². The van der Waals surface area contributed by atoms with Crippen molar-refractivity contribution in [2.45, 2.75) is 70.8 Å². The lowest BCUT2D eigenvalue weighted by Gasteiger charge is -2.60. The quantitative estimate of drug-likeness (QED) is 0.708. The predicted molar refractivity (Wildman–Crippen MR) is 97.7 cm³/mol. The molecule has 5 rings (SSSR count). The average Bonchev–Trinajstić information content (AvgIpc) is 3.14. The Bertz CT molecular complexity index is 747. The summed E-state index contributed by atoms with van der Waals surface area (Å²) in [7, 11) is 0. The Morgan fingerprint density at radius 1 is 1.20 bits per heavy atom. The normalized spacial score (nSPS) is 51.0. The van der Waals surface area contributed by atoms with E-state index in [9.17, 15) is 5.11 Å². The van der Waals surface area contributed by atoms with Gasteiger partial charge < -0.3 is 5.11 Å². The van der Waals surface area contributed by atoms with Crippen LogP contribution < -0.4 is 0 Å². The van der Waals surface area contributed by atoms with Gasteiger partial charge in [-0.15, -0.1) is 6.42 Å². The number of hydrogen-bond donors (Lipinski definition) is 2. The molecule has 1 heterocycles. The van der Waals surface area contributed by atoms with E-state index in [-0.39, 0.29) is 5.41 Å². The summed E-state index contributed by atoms with van der Waals surface area (Å²) in [6.45, 7) is 4.83. The van der Waals surface area contributed by atoms with Crippen LogP contribution in [0.3, 0.4) is 0 Å². The maximum atomic E-state index is 11.1. The Morgan fingerprint density at radius 3 is 2.80 bits per heavy atom. The zero-order valence-corrected chi connectivity index (χ0v) is 15.5. The fourth-order valence-corrected chi connectivity index (χ4v) is 7.72. The van der Waals surface area contributed by atoms with E-state index in [1.165, 1.54) is 43.4 Å². The molecule has 1 aromatic rings. The minimum absolute atomic E-state index is 0.0818. The summed E-state index contributed by atoms with van der Waals surface area (Å²) in [6, 6.07) is 0. The van der Waals surface area contributed by atoms with E-state index >= 15 is 0 Å². The molecule has 3 fully saturated rings. The van der Waals surface area contributed by atoms with Gasteiger partial charge in [0.15, 0.2) is 0 Å². The maximum absolute atomic E-state index is 11.1. The molecule has 1 unspecified atom stereocenters. The molecule has 134 valence electrons. The van der Waals surface area contributed by atoms with Crippen LogP contribution in [0.4, 0.5) is 0 Å². The van der Waals surface area contributed by atoms with Crippen LogP contribution in [-0.4, -0.2) is 20.9 Å². The van der Waals surface area contributed by atoms with Gasteiger partial charge in [-0.2, -0.15) is 5.10 Å². The molecule has 3 saturated carbocycles. The molecule has 0 aromatic carbocycles. The Kier molecular flexibility index (Phi) is 3.13. The third-order valence-corrected chi connectivity index (χ3v) is 9.28. The van der Waals surface area contributed by atoms with E-state index in [1.54, 1.807) is 0 Å². The number of aromatic nitrogens is 2. The molecule has 4 aliphatic carbocycles. The Balaban J connectivity index is 1.50. The van der Waals surface area contributed by atoms with E-state index in [1.807, 2.05) is 0 Å². The van der Waals surface area contributed by atoms with Gasteiger partial charge in [-0.25, -0.2) is 0 Å². The number of aromatic amines is 1. The highest BCUT2D eigenvalue weighted by Gasteiger charge is 2.64. The van der Waals surface area contributed by atoms with Crippen LogP contribution in [0.1, 0.15) is 63.6 Å². The molecule has 7 atom stereocenters. The third-order valence-electron chi connectivity index (χ3n) is 9.28. The summed E-state index contributed by atoms with van der Waals surface area (Å²) in [5, 5.41) is 18.6. The second-order valence-electron chi connectivity index (χ2n) is 9.91. The first-order valence-corrected chi connectivity index (χ1v) is 10.1. The molecule has 3 nitrogen and oxygen atoms in total. The zero-order valence-electron chi connectivity index (χ0n) is 15.5. The highest BCUT2D eigenvalue weighted by molar-refractivity contribution is 5.27. The van der Waals surface area contributed by atoms with Crippen molar-refractivity contribution in [2.75, 3.05) is 0 Å². The van der Waals surface area contributed by atoms with Crippen molar-refractivity contribution < 1.29 is 5.11 Å². The van der Waals surface area contributed by atoms with E-state index in [2.05, 4.69) is 36.2 Å². The number of terminal acetylenes is 1. The molecular weight excluding hydrogens is 308 g/mol. The van der Waals surface area contributed by atoms with Crippen LogP contribution in [0.25, 0.3) is 0 Å². The van der Waals surface area contributed by atoms with Crippen molar-refractivity contribution in [3.8, 4) is 12.3 Å². The zero-order chi connectivity index (χ0) is 17.4. The fourth-order valence-electron chi connectivity index (χ4n) is 7.72. The number of hydrogen-bond acceptors (Lipinski definition) is 2. The summed E-state index contributed by atoms with van der Waals surface area (Å²) in [5.41, 5.74) is 2.24. The second-order valence-corrected chi connectivity index (χ2v) is 9.91. The molecule has 2 N–H and O–H groups in total. The molecule has 0 radical (unpaired) electrons. The number of nitrogens with one attached hydrogen (secondary N) is 1. The molecule has 1 aromatic heterocycles. The Morgan fingerprint density at radius 2 is 2.00 bits per heavy atom. The van der Waals surface area contributed by atoms with Crippen LogP contribution in [0.15, 0.2) is 6.20 Å². The molecule has 4 aliphatic rings. The smallest absolute Gasteiger partial charge is 0.130 e. The molecule has 0 aliphatic heterocycles. The van der Waals surface area contributed by atoms with Gasteiger partial charge in [-0.3, -0.25) is 5.10 Å². The van der Waals surface area contributed by atoms with Crippen LogP contribution in [0, 0.1) is 46.8 Å². The summed E-state index contributed by atoms with van der Waals surface area (Å²) in [4.78, 5) is 0. The standard InChI is InChI=1S/C22H30N2O/c1-4-22(25)10-8-18-16-6-5-15-11-19-14(13-23-24-19)12-20(15,2)17(16)7-9-21(18,22)3/h1,13,15-18,25H,5-12H2,2-3H3,(H,23,24)/t15?,16-,17+,18+,20+,21+,22+/m1/s1. The first kappa shape index (κ1) is 15.9. The topological polar surface area (TPSA) is 48.9 Å². The second kappa shape index (κ2) is 4.92. The summed E-state index contributed by atoms with van der Waals surface area (Å²) >= 11 is 0. The third kappa shape index (κ3) is 1.85. The first-order valence-electron chi connectivity index (χ1n) is 10.1. The number of aliphatic hydroxyl groups is 1. The van der Waals surface area contributed by atoms with Gasteiger partial charge >= 0.3 is 0 Å². The lowest BCUT2D eigenvalue weighted by Crippen LogP contribution is -2.56. The molecule has 25 heavy (non-hydrogen) atoms. The molecule has 3 heteroatoms. The van der Waals surface area contributed by atoms with Crippen molar-refractivity contribution in [2.24, 2.45) is 34.5 Å². The average molecular weight is 338 g/mol. The molecular formula is C22H30N2O. The van der Waals surface area contributed by atoms with Crippen molar-refractivity contribution in [1.82, 2.24) is 10.2 Å². The molecule has 0 saturated heterocycles. The molecule has 0 spiro atoms. The highest BCUT2D eigenvalue weighted by atomic mass is 16.3. The van der Waals surface area contributed by atoms with Gasteiger partial charge in [-0.05, 0) is 86.0 Å². The SMILES string of the molecule is C#C[C@]1(O)CC[C@H]2[C@@H]3CCC4Cc5[nH]ncc5C[C@]4(C)[C@H]3CC[C@@]21C. The van der Waals surface area contributed by atoms with Crippen LogP contribution >= 0.6 is 0 Å². The van der Waals surface area contributed by atoms with Gasteiger partial charge in [0.05, 0.1) is 6.20 Å². The maximum Gasteiger partial charge on any atom is 0.130 e. The summed E-state index contributed by atoms with van der Waals surface area (Å²) in [5.74, 6) is 5.67. The van der Waals surface area contributed by atoms with Gasteiger partial charge in [0.2, 0.25) is 0 Å². The molecule has 0 bridgehead atoms. The molecule has 0 amide bonds. The number of rotatable bonds is 0. The van der Waals surface area contributed by atoms with Crippen molar-refractivity contribution in [3.05, 3.63) is 17.5 Å². The Hall–Kier alpha value is -1.27. The number of nitrogens with zero attached hydrogens (tertiary/aromatic N) is 1. The van der Waals surface area contributed by atoms with E-state index in [4.69, 9.17) is 6.42 Å². The van der Waals surface area contributed by atoms with E-state index in [0.717, 1.165) is 37.0 Å². The lowest BCUT2D eigenvalue weighted by atomic mass is 9.44. The van der Waals surface area contributed by atoms with Crippen LogP contribution in [-0.2, 0) is 12.8 Å². The van der Waals surface area contributed by atoms with E-state index < -0.39 is 5.60 Å². The summed E-state index contributed by atoms with van der Waals surface area (Å²) < 4.78 is 0. The van der Waals surface area contributed by atoms with Crippen LogP contribution in [0.5, 0.6) is 0 Å². The predicted octanol–water partition coefficient (Wildman–Crippen LogP) is 3.73. The summed E-state index contributed by atoms with van der Waals surface area (Å²) in [6.07, 6.45) is 17.0. The van der Waals surface area contributed by atoms with Crippen LogP contribution in [0.2, 0.25) is 0 Å². The van der Waals surface area contributed by atoms with Crippen molar-refractivity contribution >= 4 is 0 Å². The minimum Gasteiger partial charge on any atom is -0.377 e. The van der Waals surface area contributed by atoms with Gasteiger partial charge in [0.25, 0.3) is 0 Å². The number of H-pyrrole nitrogens is 1. The lowest BCUT2D eigenvalue weighted by molar-refractivity contribution is -0.127. The number of fused-ring (bicyclic) bond motifs is 6. The van der Waals surface area contributed by atoms with E-state index in [0.29, 0.717) is 11.3 Å². The monoisotopic (exact) mass is 338 g/mol. The largest absolute Gasteiger partial charge is 0.377 e. The van der Waals surface area contributed by atoms with Crippen molar-refractivity contribution in [1.29, 1.82) is 0 Å². The highest BCUT2D eigenvalue weighted by Crippen LogP contribution is 2.67. The van der Waals surface area contributed by atoms with Gasteiger partial charge in [0.1, 0.15) is 5.60 Å². The van der Waals surface area contributed by atoms with Gasteiger partial charge in [0, 0.05) is 11.1 Å². The minimum atomic E-state index is -0.884. The van der Waals surface area contributed by atoms with Gasteiger partial charge in [-0.1, -0.05) is 19.8 Å².